The summed E-state index contributed by atoms with van der Waals surface area (Å²) in [5.74, 6) is 0.585. The first-order valence-corrected chi connectivity index (χ1v) is 8.89. The first kappa shape index (κ1) is 18.2. The number of benzene rings is 1. The molecule has 0 atom stereocenters. The van der Waals surface area contributed by atoms with Gasteiger partial charge < -0.3 is 19.0 Å². The third-order valence-electron chi connectivity index (χ3n) is 4.54. The molecule has 1 aromatic carbocycles. The number of ether oxygens (including phenoxy) is 1. The molecule has 0 radical (unpaired) electrons. The number of morpholine rings is 1. The normalized spacial score (nSPS) is 14.9. The predicted molar refractivity (Wildman–Crippen MR) is 99.7 cm³/mol. The van der Waals surface area contributed by atoms with Gasteiger partial charge in [0.25, 0.3) is 0 Å². The van der Waals surface area contributed by atoms with E-state index in [0.717, 1.165) is 28.7 Å². The van der Waals surface area contributed by atoms with Crippen LogP contribution < -0.4 is 0 Å². The number of furan rings is 1. The minimum atomic E-state index is -0.209. The van der Waals surface area contributed by atoms with Crippen LogP contribution in [0.25, 0.3) is 17.0 Å². The number of aryl methyl sites for hydroxylation is 1. The van der Waals surface area contributed by atoms with E-state index in [1.165, 1.54) is 11.0 Å². The smallest absolute Gasteiger partial charge is 0.246 e. The molecule has 3 rings (SSSR count). The average molecular weight is 356 g/mol. The van der Waals surface area contributed by atoms with E-state index in [9.17, 15) is 9.59 Å². The van der Waals surface area contributed by atoms with E-state index in [4.69, 9.17) is 9.15 Å². The van der Waals surface area contributed by atoms with Gasteiger partial charge in [-0.15, -0.1) is 0 Å². The Morgan fingerprint density at radius 1 is 1.23 bits per heavy atom. The Balaban J connectivity index is 1.68. The van der Waals surface area contributed by atoms with Gasteiger partial charge in [-0.3, -0.25) is 9.59 Å². The van der Waals surface area contributed by atoms with Crippen LogP contribution in [0.5, 0.6) is 0 Å². The van der Waals surface area contributed by atoms with E-state index in [1.807, 2.05) is 31.2 Å². The zero-order chi connectivity index (χ0) is 18.5. The molecule has 1 aromatic heterocycles. The highest BCUT2D eigenvalue weighted by molar-refractivity contribution is 5.97. The monoisotopic (exact) mass is 356 g/mol. The molecule has 1 saturated heterocycles. The fourth-order valence-electron chi connectivity index (χ4n) is 3.04. The van der Waals surface area contributed by atoms with Gasteiger partial charge in [-0.1, -0.05) is 25.1 Å². The van der Waals surface area contributed by atoms with Crippen LogP contribution in [-0.2, 0) is 20.7 Å². The lowest BCUT2D eigenvalue weighted by Crippen LogP contribution is -2.45. The van der Waals surface area contributed by atoms with Crippen LogP contribution in [0, 0.1) is 0 Å². The zero-order valence-corrected chi connectivity index (χ0v) is 15.2. The summed E-state index contributed by atoms with van der Waals surface area (Å²) in [4.78, 5) is 27.8. The van der Waals surface area contributed by atoms with Crippen molar-refractivity contribution in [1.29, 1.82) is 0 Å². The molecule has 0 aliphatic carbocycles. The van der Waals surface area contributed by atoms with Crippen LogP contribution in [0.1, 0.15) is 18.2 Å². The largest absolute Gasteiger partial charge is 0.460 e. The van der Waals surface area contributed by atoms with Crippen molar-refractivity contribution in [2.24, 2.45) is 0 Å². The van der Waals surface area contributed by atoms with Gasteiger partial charge in [0.15, 0.2) is 0 Å². The van der Waals surface area contributed by atoms with Crippen molar-refractivity contribution >= 4 is 28.9 Å². The van der Waals surface area contributed by atoms with Gasteiger partial charge in [0.1, 0.15) is 11.3 Å². The second-order valence-electron chi connectivity index (χ2n) is 6.31. The maximum Gasteiger partial charge on any atom is 0.246 e. The standard InChI is InChI=1S/C20H24N2O4/c1-3-17-16(15-6-4-5-7-18(15)26-17)8-9-19(23)21(2)14-20(24)22-10-12-25-13-11-22/h4-9H,3,10-14H2,1-2H3. The number of hydrogen-bond acceptors (Lipinski definition) is 4. The number of rotatable bonds is 5. The van der Waals surface area contributed by atoms with E-state index in [1.54, 1.807) is 18.0 Å². The highest BCUT2D eigenvalue weighted by Crippen LogP contribution is 2.27. The third-order valence-corrected chi connectivity index (χ3v) is 4.54. The molecule has 1 aliphatic heterocycles. The number of carbonyl (C=O) groups is 2. The van der Waals surface area contributed by atoms with Crippen LogP contribution in [0.3, 0.4) is 0 Å². The predicted octanol–water partition coefficient (Wildman–Crippen LogP) is 2.33. The van der Waals surface area contributed by atoms with Gasteiger partial charge in [0, 0.05) is 43.6 Å². The Morgan fingerprint density at radius 2 is 1.96 bits per heavy atom. The van der Waals surface area contributed by atoms with Gasteiger partial charge in [0.2, 0.25) is 11.8 Å². The number of amides is 2. The maximum atomic E-state index is 12.4. The first-order chi connectivity index (χ1) is 12.6. The number of para-hydroxylation sites is 1. The highest BCUT2D eigenvalue weighted by Gasteiger charge is 2.19. The Labute approximate surface area is 153 Å². The Bertz CT molecular complexity index is 818. The Kier molecular flexibility index (Phi) is 5.73. The van der Waals surface area contributed by atoms with Crippen LogP contribution in [0.2, 0.25) is 0 Å². The van der Waals surface area contributed by atoms with Crippen molar-refractivity contribution in [2.75, 3.05) is 39.9 Å². The van der Waals surface area contributed by atoms with Gasteiger partial charge in [-0.2, -0.15) is 0 Å². The summed E-state index contributed by atoms with van der Waals surface area (Å²) in [6, 6.07) is 7.77. The molecule has 0 spiro atoms. The second kappa shape index (κ2) is 8.19. The Hall–Kier alpha value is -2.60. The van der Waals surface area contributed by atoms with Gasteiger partial charge in [-0.05, 0) is 12.1 Å². The van der Waals surface area contributed by atoms with Crippen molar-refractivity contribution in [3.05, 3.63) is 41.7 Å². The minimum Gasteiger partial charge on any atom is -0.460 e. The molecule has 0 saturated carbocycles. The lowest BCUT2D eigenvalue weighted by atomic mass is 10.1. The summed E-state index contributed by atoms with van der Waals surface area (Å²) in [7, 11) is 1.64. The number of likely N-dealkylation sites (N-methyl/N-ethyl adjacent to an activating group) is 1. The molecule has 2 amide bonds. The highest BCUT2D eigenvalue weighted by atomic mass is 16.5. The van der Waals surface area contributed by atoms with Crippen LogP contribution in [-0.4, -0.2) is 61.5 Å². The lowest BCUT2D eigenvalue weighted by Gasteiger charge is -2.28. The number of carbonyl (C=O) groups excluding carboxylic acids is 2. The van der Waals surface area contributed by atoms with Crippen molar-refractivity contribution in [1.82, 2.24) is 9.80 Å². The van der Waals surface area contributed by atoms with Crippen LogP contribution in [0.4, 0.5) is 0 Å². The molecule has 6 heteroatoms. The fraction of sp³-hybridized carbons (Fsp3) is 0.400. The van der Waals surface area contributed by atoms with Crippen molar-refractivity contribution in [3.8, 4) is 0 Å². The van der Waals surface area contributed by atoms with Gasteiger partial charge in [-0.25, -0.2) is 0 Å². The molecule has 26 heavy (non-hydrogen) atoms. The molecule has 1 fully saturated rings. The third kappa shape index (κ3) is 3.96. The SMILES string of the molecule is CCc1oc2ccccc2c1C=CC(=O)N(C)CC(=O)N1CCOCC1. The average Bonchev–Trinajstić information content (AvgIpc) is 3.04. The Morgan fingerprint density at radius 3 is 2.69 bits per heavy atom. The molecular formula is C20H24N2O4. The summed E-state index contributed by atoms with van der Waals surface area (Å²) >= 11 is 0. The van der Waals surface area contributed by atoms with Crippen molar-refractivity contribution in [2.45, 2.75) is 13.3 Å². The molecule has 1 aliphatic rings. The molecule has 138 valence electrons. The molecule has 0 unspecified atom stereocenters. The summed E-state index contributed by atoms with van der Waals surface area (Å²) < 4.78 is 11.1. The van der Waals surface area contributed by atoms with Crippen molar-refractivity contribution < 1.29 is 18.7 Å². The summed E-state index contributed by atoms with van der Waals surface area (Å²) in [5.41, 5.74) is 1.73. The molecule has 0 N–H and O–H groups in total. The molecule has 6 nitrogen and oxygen atoms in total. The molecular weight excluding hydrogens is 332 g/mol. The number of hydrogen-bond donors (Lipinski definition) is 0. The number of fused-ring (bicyclic) bond motifs is 1. The quantitative estimate of drug-likeness (QED) is 0.772. The number of nitrogens with zero attached hydrogens (tertiary/aromatic N) is 2. The van der Waals surface area contributed by atoms with E-state index >= 15 is 0 Å². The summed E-state index contributed by atoms with van der Waals surface area (Å²) in [6.07, 6.45) is 4.03. The van der Waals surface area contributed by atoms with Gasteiger partial charge >= 0.3 is 0 Å². The fourth-order valence-corrected chi connectivity index (χ4v) is 3.04. The van der Waals surface area contributed by atoms with Crippen LogP contribution >= 0.6 is 0 Å². The molecule has 2 aromatic rings. The first-order valence-electron chi connectivity index (χ1n) is 8.89. The summed E-state index contributed by atoms with van der Waals surface area (Å²) in [5, 5.41) is 0.987. The maximum absolute atomic E-state index is 12.4. The van der Waals surface area contributed by atoms with Gasteiger partial charge in [0.05, 0.1) is 19.8 Å². The van der Waals surface area contributed by atoms with E-state index in [-0.39, 0.29) is 18.4 Å². The topological polar surface area (TPSA) is 63.0 Å². The lowest BCUT2D eigenvalue weighted by molar-refractivity contribution is -0.140. The van der Waals surface area contributed by atoms with E-state index in [0.29, 0.717) is 26.3 Å². The summed E-state index contributed by atoms with van der Waals surface area (Å²) in [6.45, 7) is 4.35. The molecule has 0 bridgehead atoms. The van der Waals surface area contributed by atoms with Crippen molar-refractivity contribution in [3.63, 3.8) is 0 Å². The zero-order valence-electron chi connectivity index (χ0n) is 15.2. The molecule has 2 heterocycles. The second-order valence-corrected chi connectivity index (χ2v) is 6.31. The van der Waals surface area contributed by atoms with E-state index in [2.05, 4.69) is 0 Å². The van der Waals surface area contributed by atoms with Crippen LogP contribution in [0.15, 0.2) is 34.8 Å². The van der Waals surface area contributed by atoms with E-state index < -0.39 is 0 Å². The minimum absolute atomic E-state index is 0.0550.